The van der Waals surface area contributed by atoms with E-state index in [9.17, 15) is 18.0 Å². The number of rotatable bonds is 7. The topological polar surface area (TPSA) is 80.2 Å². The van der Waals surface area contributed by atoms with E-state index in [-0.39, 0.29) is 0 Å². The molecule has 1 N–H and O–H groups in total. The van der Waals surface area contributed by atoms with Gasteiger partial charge in [0.05, 0.1) is 6.04 Å². The van der Waals surface area contributed by atoms with Crippen LogP contribution in [0.4, 0.5) is 13.2 Å². The van der Waals surface area contributed by atoms with Gasteiger partial charge in [-0.1, -0.05) is 0 Å². The molecule has 1 fully saturated rings. The number of amides is 1. The van der Waals surface area contributed by atoms with Crippen molar-refractivity contribution in [1.82, 2.24) is 25.2 Å². The molecular weight excluding hydrogens is 479 g/mol. The minimum Gasteiger partial charge on any atom is -0.492 e. The Morgan fingerprint density at radius 2 is 1.97 bits per heavy atom. The number of carbonyl (C=O) groups excluding carboxylic acids is 1. The van der Waals surface area contributed by atoms with Crippen LogP contribution in [0.3, 0.4) is 0 Å². The number of likely N-dealkylation sites (tertiary alicyclic amines) is 1. The van der Waals surface area contributed by atoms with Crippen molar-refractivity contribution < 1.29 is 22.7 Å². The number of carbonyl (C=O) groups is 1. The van der Waals surface area contributed by atoms with Crippen LogP contribution in [-0.2, 0) is 6.18 Å². The van der Waals surface area contributed by atoms with Gasteiger partial charge < -0.3 is 15.0 Å². The number of benzene rings is 1. The summed E-state index contributed by atoms with van der Waals surface area (Å²) in [5, 5.41) is 3.57. The van der Waals surface area contributed by atoms with Crippen molar-refractivity contribution in [2.24, 2.45) is 0 Å². The Bertz CT molecular complexity index is 1180. The average Bonchev–Trinajstić information content (AvgIpc) is 3.44. The number of ether oxygens (including phenoxy) is 1. The molecule has 1 aliphatic heterocycles. The Balaban J connectivity index is 1.54. The van der Waals surface area contributed by atoms with Crippen LogP contribution in [0.5, 0.6) is 5.75 Å². The van der Waals surface area contributed by atoms with E-state index in [1.165, 1.54) is 11.3 Å². The maximum absolute atomic E-state index is 13.1. The molecule has 1 unspecified atom stereocenters. The smallest absolute Gasteiger partial charge is 0.451 e. The van der Waals surface area contributed by atoms with Gasteiger partial charge in [0.1, 0.15) is 17.4 Å². The summed E-state index contributed by atoms with van der Waals surface area (Å²) in [6, 6.07) is 4.99. The van der Waals surface area contributed by atoms with E-state index in [2.05, 4.69) is 32.2 Å². The van der Waals surface area contributed by atoms with E-state index in [4.69, 9.17) is 4.74 Å². The van der Waals surface area contributed by atoms with Gasteiger partial charge in [-0.15, -0.1) is 11.3 Å². The summed E-state index contributed by atoms with van der Waals surface area (Å²) in [5.41, 5.74) is 1.49. The van der Waals surface area contributed by atoms with Crippen molar-refractivity contribution in [2.45, 2.75) is 44.9 Å². The number of aryl methyl sites for hydroxylation is 1. The highest BCUT2D eigenvalue weighted by Crippen LogP contribution is 2.30. The van der Waals surface area contributed by atoms with E-state index in [0.717, 1.165) is 47.2 Å². The van der Waals surface area contributed by atoms with Crippen LogP contribution in [-0.4, -0.2) is 52.0 Å². The van der Waals surface area contributed by atoms with Crippen LogP contribution in [0.15, 0.2) is 36.8 Å². The highest BCUT2D eigenvalue weighted by atomic mass is 32.1. The van der Waals surface area contributed by atoms with Gasteiger partial charge in [0.15, 0.2) is 0 Å². The number of hydrogen-bond donors (Lipinski definition) is 1. The van der Waals surface area contributed by atoms with Gasteiger partial charge in [-0.3, -0.25) is 4.79 Å². The van der Waals surface area contributed by atoms with Crippen molar-refractivity contribution in [2.75, 3.05) is 20.2 Å². The lowest BCUT2D eigenvalue weighted by atomic mass is 10.1. The van der Waals surface area contributed by atoms with E-state index in [1.807, 2.05) is 13.0 Å². The zero-order chi connectivity index (χ0) is 25.2. The van der Waals surface area contributed by atoms with Gasteiger partial charge in [0, 0.05) is 46.2 Å². The van der Waals surface area contributed by atoms with Crippen LogP contribution in [0, 0.1) is 6.92 Å². The van der Waals surface area contributed by atoms with Crippen LogP contribution in [0.25, 0.3) is 10.6 Å². The molecule has 4 rings (SSSR count). The van der Waals surface area contributed by atoms with Crippen molar-refractivity contribution in [3.63, 3.8) is 0 Å². The Morgan fingerprint density at radius 1 is 1.23 bits per heavy atom. The molecule has 0 aliphatic carbocycles. The number of nitrogens with one attached hydrogen (secondary N) is 1. The zero-order valence-corrected chi connectivity index (χ0v) is 20.4. The molecule has 1 saturated heterocycles. The quantitative estimate of drug-likeness (QED) is 0.493. The maximum atomic E-state index is 13.1. The Labute approximate surface area is 205 Å². The third kappa shape index (κ3) is 6.15. The summed E-state index contributed by atoms with van der Waals surface area (Å²) in [6.07, 6.45) is 1.48. The molecule has 0 saturated carbocycles. The third-order valence-corrected chi connectivity index (χ3v) is 6.89. The second kappa shape index (κ2) is 10.3. The first-order chi connectivity index (χ1) is 16.6. The van der Waals surface area contributed by atoms with Crippen molar-refractivity contribution >= 4 is 17.2 Å². The van der Waals surface area contributed by atoms with Crippen LogP contribution >= 0.6 is 11.3 Å². The number of nitrogens with zero attached hydrogens (tertiary/aromatic N) is 4. The fourth-order valence-electron chi connectivity index (χ4n) is 3.88. The molecular formula is C24H26F3N5O2S. The first-order valence-electron chi connectivity index (χ1n) is 11.2. The molecule has 1 aromatic carbocycles. The van der Waals surface area contributed by atoms with Crippen molar-refractivity contribution in [1.29, 1.82) is 0 Å². The van der Waals surface area contributed by atoms with Gasteiger partial charge >= 0.3 is 6.18 Å². The molecule has 2 aromatic heterocycles. The maximum Gasteiger partial charge on any atom is 0.451 e. The average molecular weight is 506 g/mol. The zero-order valence-electron chi connectivity index (χ0n) is 19.6. The second-order valence-corrected chi connectivity index (χ2v) is 9.88. The lowest BCUT2D eigenvalue weighted by Gasteiger charge is -2.20. The normalized spacial score (nSPS) is 17.4. The fourth-order valence-corrected chi connectivity index (χ4v) is 4.63. The van der Waals surface area contributed by atoms with E-state index >= 15 is 0 Å². The predicted molar refractivity (Wildman–Crippen MR) is 126 cm³/mol. The Kier molecular flexibility index (Phi) is 7.36. The molecule has 35 heavy (non-hydrogen) atoms. The van der Waals surface area contributed by atoms with Gasteiger partial charge in [0.2, 0.25) is 5.82 Å². The lowest BCUT2D eigenvalue weighted by Crippen LogP contribution is -2.30. The van der Waals surface area contributed by atoms with Gasteiger partial charge in [0.25, 0.3) is 5.91 Å². The number of hydrogen-bond acceptors (Lipinski definition) is 7. The molecule has 0 radical (unpaired) electrons. The molecule has 7 nitrogen and oxygen atoms in total. The fraction of sp³-hybridized carbons (Fsp3) is 0.417. The lowest BCUT2D eigenvalue weighted by molar-refractivity contribution is -0.145. The highest BCUT2D eigenvalue weighted by molar-refractivity contribution is 7.14. The summed E-state index contributed by atoms with van der Waals surface area (Å²) in [7, 11) is 2.07. The molecule has 1 amide bonds. The molecule has 1 aliphatic rings. The van der Waals surface area contributed by atoms with Crippen molar-refractivity contribution in [3.05, 3.63) is 58.6 Å². The van der Waals surface area contributed by atoms with E-state index in [1.54, 1.807) is 25.3 Å². The monoisotopic (exact) mass is 505 g/mol. The van der Waals surface area contributed by atoms with Crippen LogP contribution in [0.1, 0.15) is 52.4 Å². The van der Waals surface area contributed by atoms with Crippen molar-refractivity contribution in [3.8, 4) is 16.3 Å². The number of thiazole rings is 1. The summed E-state index contributed by atoms with van der Waals surface area (Å²) in [4.78, 5) is 27.6. The van der Waals surface area contributed by atoms with E-state index in [0.29, 0.717) is 29.5 Å². The summed E-state index contributed by atoms with van der Waals surface area (Å²) in [6.45, 7) is 5.16. The third-order valence-electron chi connectivity index (χ3n) is 5.92. The minimum atomic E-state index is -4.62. The van der Waals surface area contributed by atoms with Crippen LogP contribution < -0.4 is 10.1 Å². The highest BCUT2D eigenvalue weighted by Gasteiger charge is 2.34. The predicted octanol–water partition coefficient (Wildman–Crippen LogP) is 4.89. The van der Waals surface area contributed by atoms with Crippen LogP contribution in [0.2, 0.25) is 0 Å². The first kappa shape index (κ1) is 25.1. The molecule has 3 heterocycles. The number of alkyl halides is 3. The molecule has 0 spiro atoms. The Hall–Kier alpha value is -3.05. The largest absolute Gasteiger partial charge is 0.492 e. The van der Waals surface area contributed by atoms with Gasteiger partial charge in [-0.25, -0.2) is 15.0 Å². The van der Waals surface area contributed by atoms with Gasteiger partial charge in [-0.2, -0.15) is 13.2 Å². The van der Waals surface area contributed by atoms with E-state index < -0.39 is 23.9 Å². The molecule has 0 bridgehead atoms. The SMILES string of the molecule is Cc1cnc(-c2cc(OC[C@@H]3CCCN3C)cc(C(=O)NC(C)c3cnc(C(F)(F)F)nc3)c2)s1. The summed E-state index contributed by atoms with van der Waals surface area (Å²) >= 11 is 1.51. The first-order valence-corrected chi connectivity index (χ1v) is 12.0. The molecule has 2 atom stereocenters. The Morgan fingerprint density at radius 3 is 2.57 bits per heavy atom. The second-order valence-electron chi connectivity index (χ2n) is 8.64. The standard InChI is InChI=1S/C24H26F3N5O2S/c1-14-10-28-22(35-14)17-7-16(8-20(9-17)34-13-19-5-4-6-32(19)3)21(33)31-15(2)18-11-29-23(30-12-18)24(25,26)27/h7-12,15,19H,4-6,13H2,1-3H3,(H,31,33)/t15?,19-/m0/s1. The number of aromatic nitrogens is 3. The molecule has 186 valence electrons. The molecule has 3 aromatic rings. The molecule has 11 heteroatoms. The minimum absolute atomic E-state index is 0.317. The number of likely N-dealkylation sites (N-methyl/N-ethyl adjacent to an activating group) is 1. The number of halogens is 3. The van der Waals surface area contributed by atoms with Gasteiger partial charge in [-0.05, 0) is 58.5 Å². The summed E-state index contributed by atoms with van der Waals surface area (Å²) in [5.74, 6) is -1.05. The summed E-state index contributed by atoms with van der Waals surface area (Å²) < 4.78 is 44.3.